The van der Waals surface area contributed by atoms with E-state index < -0.39 is 15.9 Å². The molecule has 0 aliphatic carbocycles. The molecule has 10 heteroatoms. The lowest BCUT2D eigenvalue weighted by atomic mass is 10.2. The van der Waals surface area contributed by atoms with Crippen molar-refractivity contribution in [2.24, 2.45) is 0 Å². The van der Waals surface area contributed by atoms with Crippen LogP contribution >= 0.6 is 0 Å². The normalized spacial score (nSPS) is 17.2. The first-order chi connectivity index (χ1) is 15.4. The van der Waals surface area contributed by atoms with Crippen LogP contribution in [0.1, 0.15) is 31.4 Å². The summed E-state index contributed by atoms with van der Waals surface area (Å²) in [4.78, 5) is 30.5. The zero-order chi connectivity index (χ0) is 22.6. The summed E-state index contributed by atoms with van der Waals surface area (Å²) in [6.45, 7) is 0.741. The van der Waals surface area contributed by atoms with Gasteiger partial charge in [-0.15, -0.1) is 0 Å². The number of carbonyl (C=O) groups excluding carboxylic acids is 2. The Balaban J connectivity index is 1.53. The van der Waals surface area contributed by atoms with Crippen molar-refractivity contribution in [2.45, 2.75) is 37.1 Å². The number of benzene rings is 1. The highest BCUT2D eigenvalue weighted by molar-refractivity contribution is 7.89. The maximum absolute atomic E-state index is 13.2. The lowest BCUT2D eigenvalue weighted by molar-refractivity contribution is -0.125. The molecule has 2 amide bonds. The summed E-state index contributed by atoms with van der Waals surface area (Å²) in [7, 11) is -3.70. The number of nitrogens with one attached hydrogen (secondary N) is 1. The van der Waals surface area contributed by atoms with E-state index in [1.807, 2.05) is 6.07 Å². The minimum Gasteiger partial charge on any atom is -0.482 e. The predicted octanol–water partition coefficient (Wildman–Crippen LogP) is 1.69. The molecule has 0 atom stereocenters. The Bertz CT molecular complexity index is 1080. The van der Waals surface area contributed by atoms with Crippen molar-refractivity contribution >= 4 is 27.5 Å². The number of carbonyl (C=O) groups is 2. The molecule has 4 rings (SSSR count). The number of rotatable bonds is 6. The molecule has 2 aromatic rings. The highest BCUT2D eigenvalue weighted by Gasteiger charge is 2.31. The van der Waals surface area contributed by atoms with Crippen molar-refractivity contribution in [1.82, 2.24) is 14.6 Å². The number of anilines is 1. The van der Waals surface area contributed by atoms with Gasteiger partial charge in [-0.2, -0.15) is 4.31 Å². The van der Waals surface area contributed by atoms with Crippen LogP contribution in [-0.2, 0) is 26.2 Å². The summed E-state index contributed by atoms with van der Waals surface area (Å²) in [6.07, 6.45) is 5.32. The average Bonchev–Trinajstić information content (AvgIpc) is 3.10. The Labute approximate surface area is 187 Å². The smallest absolute Gasteiger partial charge is 0.265 e. The van der Waals surface area contributed by atoms with Crippen LogP contribution in [0.5, 0.6) is 5.75 Å². The lowest BCUT2D eigenvalue weighted by Gasteiger charge is -2.30. The zero-order valence-electron chi connectivity index (χ0n) is 17.7. The third-order valence-corrected chi connectivity index (χ3v) is 7.47. The van der Waals surface area contributed by atoms with Gasteiger partial charge in [-0.3, -0.25) is 19.5 Å². The summed E-state index contributed by atoms with van der Waals surface area (Å²) in [6, 6.07) is 9.86. The fraction of sp³-hybridized carbons (Fsp3) is 0.409. The molecule has 170 valence electrons. The van der Waals surface area contributed by atoms with Crippen LogP contribution < -0.4 is 15.0 Å². The molecule has 1 N–H and O–H groups in total. The quantitative estimate of drug-likeness (QED) is 0.706. The van der Waals surface area contributed by atoms with Crippen molar-refractivity contribution < 1.29 is 22.7 Å². The van der Waals surface area contributed by atoms with E-state index in [-0.39, 0.29) is 36.2 Å². The maximum atomic E-state index is 13.2. The monoisotopic (exact) mass is 458 g/mol. The number of ether oxygens (including phenoxy) is 1. The Hall–Kier alpha value is -2.98. The maximum Gasteiger partial charge on any atom is 0.265 e. The van der Waals surface area contributed by atoms with Gasteiger partial charge in [0, 0.05) is 19.3 Å². The fourth-order valence-electron chi connectivity index (χ4n) is 3.84. The molecule has 9 nitrogen and oxygen atoms in total. The van der Waals surface area contributed by atoms with Crippen molar-refractivity contribution in [3.8, 4) is 5.75 Å². The summed E-state index contributed by atoms with van der Waals surface area (Å²) < 4.78 is 33.3. The van der Waals surface area contributed by atoms with E-state index in [9.17, 15) is 18.0 Å². The number of nitrogens with zero attached hydrogens (tertiary/aromatic N) is 3. The van der Waals surface area contributed by atoms with Gasteiger partial charge in [0.05, 0.1) is 22.8 Å². The van der Waals surface area contributed by atoms with Gasteiger partial charge >= 0.3 is 0 Å². The molecule has 32 heavy (non-hydrogen) atoms. The van der Waals surface area contributed by atoms with E-state index in [2.05, 4.69) is 10.3 Å². The molecular formula is C22H26N4O5S. The first-order valence-electron chi connectivity index (χ1n) is 10.7. The summed E-state index contributed by atoms with van der Waals surface area (Å²) in [5.41, 5.74) is 0.977. The molecule has 1 aromatic heterocycles. The minimum absolute atomic E-state index is 0.0929. The van der Waals surface area contributed by atoms with E-state index in [1.165, 1.54) is 21.3 Å². The summed E-state index contributed by atoms with van der Waals surface area (Å²) in [5.74, 6) is -0.413. The Morgan fingerprint density at radius 1 is 1.09 bits per heavy atom. The van der Waals surface area contributed by atoms with Gasteiger partial charge in [0.1, 0.15) is 12.3 Å². The number of fused-ring (bicyclic) bond motifs is 1. The Morgan fingerprint density at radius 3 is 2.59 bits per heavy atom. The van der Waals surface area contributed by atoms with Gasteiger partial charge in [-0.25, -0.2) is 8.42 Å². The molecule has 0 bridgehead atoms. The molecule has 1 fully saturated rings. The van der Waals surface area contributed by atoms with Crippen molar-refractivity contribution in [3.63, 3.8) is 0 Å². The number of amides is 2. The zero-order valence-corrected chi connectivity index (χ0v) is 18.5. The van der Waals surface area contributed by atoms with E-state index in [0.29, 0.717) is 24.5 Å². The number of hydrogen-bond acceptors (Lipinski definition) is 6. The molecule has 1 aromatic carbocycles. The van der Waals surface area contributed by atoms with Crippen molar-refractivity contribution in [3.05, 3.63) is 48.3 Å². The third-order valence-electron chi connectivity index (χ3n) is 5.57. The van der Waals surface area contributed by atoms with Gasteiger partial charge in [0.15, 0.2) is 6.61 Å². The van der Waals surface area contributed by atoms with Gasteiger partial charge in [0.2, 0.25) is 15.9 Å². The standard InChI is InChI=1S/C22H26N4O5S/c27-21(24-14-17-7-3-4-10-23-17)15-26-19-13-18(8-9-20(19)31-16-22(26)28)32(29,30)25-11-5-1-2-6-12-25/h3-4,7-10,13H,1-2,5-6,11-12,14-16H2,(H,24,27). The number of sulfonamides is 1. The minimum atomic E-state index is -3.70. The highest BCUT2D eigenvalue weighted by Crippen LogP contribution is 2.35. The van der Waals surface area contributed by atoms with Gasteiger partial charge in [0.25, 0.3) is 5.91 Å². The van der Waals surface area contributed by atoms with E-state index in [4.69, 9.17) is 4.74 Å². The van der Waals surface area contributed by atoms with Crippen LogP contribution in [0.15, 0.2) is 47.5 Å². The SMILES string of the molecule is O=C(CN1C(=O)COc2ccc(S(=O)(=O)N3CCCCCC3)cc21)NCc1ccccn1. The van der Waals surface area contributed by atoms with E-state index in [0.717, 1.165) is 25.7 Å². The average molecular weight is 459 g/mol. The largest absolute Gasteiger partial charge is 0.482 e. The van der Waals surface area contributed by atoms with Gasteiger partial charge in [-0.05, 0) is 43.2 Å². The molecule has 0 saturated carbocycles. The number of hydrogen-bond donors (Lipinski definition) is 1. The number of aromatic nitrogens is 1. The second kappa shape index (κ2) is 9.66. The van der Waals surface area contributed by atoms with Crippen LogP contribution in [0.25, 0.3) is 0 Å². The Kier molecular flexibility index (Phi) is 6.71. The fourth-order valence-corrected chi connectivity index (χ4v) is 5.38. The van der Waals surface area contributed by atoms with Crippen molar-refractivity contribution in [1.29, 1.82) is 0 Å². The molecule has 3 heterocycles. The molecule has 2 aliphatic heterocycles. The summed E-state index contributed by atoms with van der Waals surface area (Å²) >= 11 is 0. The lowest BCUT2D eigenvalue weighted by Crippen LogP contribution is -2.45. The topological polar surface area (TPSA) is 109 Å². The van der Waals surface area contributed by atoms with Crippen molar-refractivity contribution in [2.75, 3.05) is 31.1 Å². The molecule has 1 saturated heterocycles. The van der Waals surface area contributed by atoms with Gasteiger partial charge < -0.3 is 10.1 Å². The van der Waals surface area contributed by atoms with E-state index in [1.54, 1.807) is 24.4 Å². The predicted molar refractivity (Wildman–Crippen MR) is 118 cm³/mol. The Morgan fingerprint density at radius 2 is 1.88 bits per heavy atom. The first kappa shape index (κ1) is 22.2. The van der Waals surface area contributed by atoms with Crippen LogP contribution in [0, 0.1) is 0 Å². The number of pyridine rings is 1. The molecule has 0 radical (unpaired) electrons. The molecule has 0 unspecified atom stereocenters. The molecular weight excluding hydrogens is 432 g/mol. The molecule has 2 aliphatic rings. The second-order valence-corrected chi connectivity index (χ2v) is 9.75. The van der Waals surface area contributed by atoms with Crippen LogP contribution in [0.4, 0.5) is 5.69 Å². The molecule has 0 spiro atoms. The van der Waals surface area contributed by atoms with Crippen LogP contribution in [-0.4, -0.2) is 55.8 Å². The van der Waals surface area contributed by atoms with E-state index >= 15 is 0 Å². The van der Waals surface area contributed by atoms with Crippen LogP contribution in [0.2, 0.25) is 0 Å². The second-order valence-electron chi connectivity index (χ2n) is 7.81. The summed E-state index contributed by atoms with van der Waals surface area (Å²) in [5, 5.41) is 2.74. The first-order valence-corrected chi connectivity index (χ1v) is 12.1. The van der Waals surface area contributed by atoms with Gasteiger partial charge in [-0.1, -0.05) is 18.9 Å². The van der Waals surface area contributed by atoms with Crippen LogP contribution in [0.3, 0.4) is 0 Å². The highest BCUT2D eigenvalue weighted by atomic mass is 32.2. The third kappa shape index (κ3) is 4.91.